The summed E-state index contributed by atoms with van der Waals surface area (Å²) in [6.45, 7) is 0. The Morgan fingerprint density at radius 1 is 1.78 bits per heavy atom. The van der Waals surface area contributed by atoms with Gasteiger partial charge in [-0.25, -0.2) is 0 Å². The first kappa shape index (κ1) is 8.01. The molecule has 2 N–H and O–H groups in total. The van der Waals surface area contributed by atoms with Crippen LogP contribution in [0.15, 0.2) is 12.3 Å². The molecule has 0 radical (unpaired) electrons. The Hall–Kier alpha value is -0.990. The van der Waals surface area contributed by atoms with Gasteiger partial charge in [-0.15, -0.1) is 0 Å². The summed E-state index contributed by atoms with van der Waals surface area (Å²) in [6, 6.07) is 0. The standard InChI is InChI=1S/C6H11NO2/c1-7-5-3-2-4-6(8)9/h3,5,7H,2,4H2,1H3,(H,8,9)/b5-3-. The van der Waals surface area contributed by atoms with E-state index in [9.17, 15) is 4.79 Å². The van der Waals surface area contributed by atoms with E-state index >= 15 is 0 Å². The van der Waals surface area contributed by atoms with Gasteiger partial charge in [-0.3, -0.25) is 4.79 Å². The Labute approximate surface area is 54.4 Å². The van der Waals surface area contributed by atoms with Crippen LogP contribution in [0, 0.1) is 0 Å². The largest absolute Gasteiger partial charge is 0.481 e. The molecule has 0 aromatic carbocycles. The van der Waals surface area contributed by atoms with E-state index in [2.05, 4.69) is 5.32 Å². The van der Waals surface area contributed by atoms with E-state index in [-0.39, 0.29) is 6.42 Å². The first-order valence-electron chi connectivity index (χ1n) is 2.81. The molecule has 0 saturated heterocycles. The molecule has 0 bridgehead atoms. The lowest BCUT2D eigenvalue weighted by molar-refractivity contribution is -0.136. The molecule has 0 rings (SSSR count). The smallest absolute Gasteiger partial charge is 0.303 e. The Balaban J connectivity index is 3.09. The topological polar surface area (TPSA) is 49.3 Å². The van der Waals surface area contributed by atoms with Gasteiger partial charge in [0.25, 0.3) is 0 Å². The van der Waals surface area contributed by atoms with Crippen molar-refractivity contribution in [2.24, 2.45) is 0 Å². The normalized spacial score (nSPS) is 9.89. The molecule has 0 amide bonds. The van der Waals surface area contributed by atoms with Crippen molar-refractivity contribution in [3.8, 4) is 0 Å². The number of rotatable bonds is 4. The third-order valence-corrected chi connectivity index (χ3v) is 0.809. The second-order valence-electron chi connectivity index (χ2n) is 1.62. The number of aliphatic carboxylic acids is 1. The maximum absolute atomic E-state index is 9.91. The van der Waals surface area contributed by atoms with Crippen LogP contribution < -0.4 is 5.32 Å². The first-order chi connectivity index (χ1) is 4.27. The molecule has 0 fully saturated rings. The molecular formula is C6H11NO2. The third-order valence-electron chi connectivity index (χ3n) is 0.809. The molecule has 9 heavy (non-hydrogen) atoms. The van der Waals surface area contributed by atoms with Gasteiger partial charge in [0, 0.05) is 13.5 Å². The van der Waals surface area contributed by atoms with Crippen molar-refractivity contribution in [1.29, 1.82) is 0 Å². The summed E-state index contributed by atoms with van der Waals surface area (Å²) < 4.78 is 0. The summed E-state index contributed by atoms with van der Waals surface area (Å²) in [6.07, 6.45) is 4.31. The molecule has 0 atom stereocenters. The number of allylic oxidation sites excluding steroid dienone is 1. The minimum Gasteiger partial charge on any atom is -0.481 e. The van der Waals surface area contributed by atoms with Crippen molar-refractivity contribution in [2.75, 3.05) is 7.05 Å². The van der Waals surface area contributed by atoms with Crippen LogP contribution in [0.25, 0.3) is 0 Å². The number of hydrogen-bond acceptors (Lipinski definition) is 2. The van der Waals surface area contributed by atoms with Gasteiger partial charge in [0.1, 0.15) is 0 Å². The number of nitrogens with one attached hydrogen (secondary N) is 1. The molecule has 3 heteroatoms. The van der Waals surface area contributed by atoms with Crippen molar-refractivity contribution >= 4 is 5.97 Å². The minimum atomic E-state index is -0.754. The summed E-state index contributed by atoms with van der Waals surface area (Å²) >= 11 is 0. The van der Waals surface area contributed by atoms with E-state index in [1.165, 1.54) is 0 Å². The number of carboxylic acid groups (broad SMARTS) is 1. The zero-order valence-electron chi connectivity index (χ0n) is 5.42. The highest BCUT2D eigenvalue weighted by atomic mass is 16.4. The van der Waals surface area contributed by atoms with Crippen LogP contribution in [0.5, 0.6) is 0 Å². The summed E-state index contributed by atoms with van der Waals surface area (Å²) in [7, 11) is 1.78. The van der Waals surface area contributed by atoms with Gasteiger partial charge >= 0.3 is 5.97 Å². The van der Waals surface area contributed by atoms with E-state index < -0.39 is 5.97 Å². The highest BCUT2D eigenvalue weighted by molar-refractivity contribution is 5.66. The quantitative estimate of drug-likeness (QED) is 0.584. The van der Waals surface area contributed by atoms with E-state index in [0.29, 0.717) is 6.42 Å². The van der Waals surface area contributed by atoms with Crippen LogP contribution in [0.2, 0.25) is 0 Å². The molecular weight excluding hydrogens is 118 g/mol. The van der Waals surface area contributed by atoms with E-state index in [4.69, 9.17) is 5.11 Å². The molecule has 0 heterocycles. The maximum atomic E-state index is 9.91. The third kappa shape index (κ3) is 7.01. The highest BCUT2D eigenvalue weighted by Gasteiger charge is 1.90. The SMILES string of the molecule is CN/C=C\CCC(=O)O. The van der Waals surface area contributed by atoms with Crippen molar-refractivity contribution in [1.82, 2.24) is 5.32 Å². The van der Waals surface area contributed by atoms with Crippen LogP contribution in [0.3, 0.4) is 0 Å². The highest BCUT2D eigenvalue weighted by Crippen LogP contribution is 1.88. The summed E-state index contributed by atoms with van der Waals surface area (Å²) in [4.78, 5) is 9.91. The van der Waals surface area contributed by atoms with Crippen LogP contribution in [-0.4, -0.2) is 18.1 Å². The zero-order valence-corrected chi connectivity index (χ0v) is 5.42. The molecule has 0 unspecified atom stereocenters. The molecule has 0 spiro atoms. The maximum Gasteiger partial charge on any atom is 0.303 e. The van der Waals surface area contributed by atoms with Crippen LogP contribution in [0.4, 0.5) is 0 Å². The summed E-state index contributed by atoms with van der Waals surface area (Å²) in [5.41, 5.74) is 0. The monoisotopic (exact) mass is 129 g/mol. The van der Waals surface area contributed by atoms with Gasteiger partial charge in [0.15, 0.2) is 0 Å². The van der Waals surface area contributed by atoms with Gasteiger partial charge in [0.05, 0.1) is 0 Å². The lowest BCUT2D eigenvalue weighted by atomic mass is 10.3. The van der Waals surface area contributed by atoms with Gasteiger partial charge in [-0.05, 0) is 12.6 Å². The van der Waals surface area contributed by atoms with Crippen molar-refractivity contribution < 1.29 is 9.90 Å². The predicted octanol–water partition coefficient (Wildman–Crippen LogP) is 0.584. The van der Waals surface area contributed by atoms with Crippen LogP contribution in [-0.2, 0) is 4.79 Å². The lowest BCUT2D eigenvalue weighted by Gasteiger charge is -1.86. The molecule has 52 valence electrons. The van der Waals surface area contributed by atoms with Gasteiger partial charge < -0.3 is 10.4 Å². The Morgan fingerprint density at radius 2 is 2.44 bits per heavy atom. The van der Waals surface area contributed by atoms with Crippen LogP contribution >= 0.6 is 0 Å². The predicted molar refractivity (Wildman–Crippen MR) is 35.1 cm³/mol. The van der Waals surface area contributed by atoms with Gasteiger partial charge in [-0.2, -0.15) is 0 Å². The molecule has 0 aromatic rings. The van der Waals surface area contributed by atoms with E-state index in [1.54, 1.807) is 19.3 Å². The van der Waals surface area contributed by atoms with Crippen molar-refractivity contribution in [3.63, 3.8) is 0 Å². The fraction of sp³-hybridized carbons (Fsp3) is 0.500. The number of carboxylic acids is 1. The van der Waals surface area contributed by atoms with Crippen molar-refractivity contribution in [2.45, 2.75) is 12.8 Å². The van der Waals surface area contributed by atoms with E-state index in [1.807, 2.05) is 0 Å². The van der Waals surface area contributed by atoms with E-state index in [0.717, 1.165) is 0 Å². The zero-order chi connectivity index (χ0) is 7.11. The fourth-order valence-electron chi connectivity index (χ4n) is 0.408. The van der Waals surface area contributed by atoms with Crippen LogP contribution in [0.1, 0.15) is 12.8 Å². The Bertz CT molecular complexity index is 110. The molecule has 0 aliphatic carbocycles. The van der Waals surface area contributed by atoms with Gasteiger partial charge in [-0.1, -0.05) is 6.08 Å². The Morgan fingerprint density at radius 3 is 2.89 bits per heavy atom. The fourth-order valence-corrected chi connectivity index (χ4v) is 0.408. The molecule has 0 aliphatic rings. The van der Waals surface area contributed by atoms with Gasteiger partial charge in [0.2, 0.25) is 0 Å². The second kappa shape index (κ2) is 5.15. The summed E-state index contributed by atoms with van der Waals surface area (Å²) in [5.74, 6) is -0.754. The van der Waals surface area contributed by atoms with Crippen molar-refractivity contribution in [3.05, 3.63) is 12.3 Å². The number of hydrogen-bond donors (Lipinski definition) is 2. The minimum absolute atomic E-state index is 0.207. The summed E-state index contributed by atoms with van der Waals surface area (Å²) in [5, 5.41) is 10.9. The molecule has 0 aromatic heterocycles. The molecule has 3 nitrogen and oxygen atoms in total. The first-order valence-corrected chi connectivity index (χ1v) is 2.81. The average molecular weight is 129 g/mol. The second-order valence-corrected chi connectivity index (χ2v) is 1.62. The molecule has 0 saturated carbocycles. The average Bonchev–Trinajstić information content (AvgIpc) is 1.80. The Kier molecular flexibility index (Phi) is 4.59. The molecule has 0 aliphatic heterocycles. The number of carbonyl (C=O) groups is 1. The lowest BCUT2D eigenvalue weighted by Crippen LogP contribution is -1.94.